The van der Waals surface area contributed by atoms with Gasteiger partial charge in [-0.2, -0.15) is 0 Å². The molecule has 1 unspecified atom stereocenters. The minimum atomic E-state index is 0.00339. The predicted molar refractivity (Wildman–Crippen MR) is 335 cm³/mol. The molecule has 0 radical (unpaired) electrons. The summed E-state index contributed by atoms with van der Waals surface area (Å²) in [7, 11) is 0. The van der Waals surface area contributed by atoms with E-state index in [0.29, 0.717) is 31.4 Å². The zero-order valence-corrected chi connectivity index (χ0v) is 52.7. The number of hydrogen-bond acceptors (Lipinski definition) is 6. The maximum atomic E-state index is 14.4. The van der Waals surface area contributed by atoms with Crippen LogP contribution in [0.3, 0.4) is 0 Å². The van der Waals surface area contributed by atoms with Crippen molar-refractivity contribution in [3.63, 3.8) is 0 Å². The number of carbonyl (C=O) groups is 2. The molecule has 7 nitrogen and oxygen atoms in total. The van der Waals surface area contributed by atoms with Crippen molar-refractivity contribution < 1.29 is 14.3 Å². The smallest absolute Gasteiger partial charge is 0.305 e. The van der Waals surface area contributed by atoms with E-state index in [1.807, 2.05) is 0 Å². The van der Waals surface area contributed by atoms with Gasteiger partial charge in [-0.05, 0) is 109 Å². The van der Waals surface area contributed by atoms with E-state index >= 15 is 0 Å². The molecular formula is C69H138N4O3. The number of rotatable bonds is 61. The van der Waals surface area contributed by atoms with Crippen molar-refractivity contribution in [2.75, 3.05) is 78.6 Å². The van der Waals surface area contributed by atoms with Gasteiger partial charge in [-0.25, -0.2) is 0 Å². The molecule has 1 rings (SSSR count). The number of nitrogens with zero attached hydrogens (tertiary/aromatic N) is 4. The van der Waals surface area contributed by atoms with Gasteiger partial charge in [0.25, 0.3) is 0 Å². The summed E-state index contributed by atoms with van der Waals surface area (Å²) in [5.41, 5.74) is 0. The van der Waals surface area contributed by atoms with Gasteiger partial charge in [-0.3, -0.25) is 14.5 Å². The number of ether oxygens (including phenoxy) is 1. The Morgan fingerprint density at radius 1 is 0.368 bits per heavy atom. The third-order valence-electron chi connectivity index (χ3n) is 17.2. The molecule has 1 aliphatic heterocycles. The van der Waals surface area contributed by atoms with Crippen molar-refractivity contribution >= 4 is 11.9 Å². The van der Waals surface area contributed by atoms with E-state index in [2.05, 4.69) is 54.2 Å². The average molecular weight is 1070 g/mol. The molecule has 1 heterocycles. The Morgan fingerprint density at radius 2 is 0.684 bits per heavy atom. The summed E-state index contributed by atoms with van der Waals surface area (Å²) in [4.78, 5) is 37.1. The van der Waals surface area contributed by atoms with Gasteiger partial charge >= 0.3 is 5.97 Å². The van der Waals surface area contributed by atoms with Crippen molar-refractivity contribution in [1.82, 2.24) is 19.6 Å². The molecule has 76 heavy (non-hydrogen) atoms. The maximum absolute atomic E-state index is 14.4. The highest BCUT2D eigenvalue weighted by molar-refractivity contribution is 5.78. The highest BCUT2D eigenvalue weighted by atomic mass is 16.5. The summed E-state index contributed by atoms with van der Waals surface area (Å²) in [6.07, 6.45) is 64.1. The third kappa shape index (κ3) is 48.7. The molecule has 1 saturated heterocycles. The molecule has 0 aromatic carbocycles. The minimum absolute atomic E-state index is 0.00339. The molecular weight excluding hydrogens is 933 g/mol. The molecule has 7 heteroatoms. The van der Waals surface area contributed by atoms with Gasteiger partial charge in [0.05, 0.1) is 13.2 Å². The Labute approximate surface area is 477 Å². The lowest BCUT2D eigenvalue weighted by Crippen LogP contribution is -2.47. The van der Waals surface area contributed by atoms with Crippen LogP contribution >= 0.6 is 0 Å². The van der Waals surface area contributed by atoms with Crippen LogP contribution in [0, 0.1) is 5.92 Å². The quantitative estimate of drug-likeness (QED) is 0.0447. The second-order valence-corrected chi connectivity index (χ2v) is 24.7. The zero-order valence-electron chi connectivity index (χ0n) is 52.7. The summed E-state index contributed by atoms with van der Waals surface area (Å²) in [5, 5.41) is 0. The Balaban J connectivity index is 2.79. The summed E-state index contributed by atoms with van der Waals surface area (Å²) in [6.45, 7) is 23.9. The first-order valence-corrected chi connectivity index (χ1v) is 35.1. The Morgan fingerprint density at radius 3 is 1.08 bits per heavy atom. The SMILES string of the molecule is CCCCCCCCCCCCCCCCN(CCCCCCCC(=O)OCCCCCCC)CCC1CCCN(C(=O)CN(CCCCCCCCC)CCN(CCCCCCCCC)CCCCCCCCC)C1. The van der Waals surface area contributed by atoms with Crippen molar-refractivity contribution in [3.8, 4) is 0 Å². The fraction of sp³-hybridized carbons (Fsp3) is 0.971. The predicted octanol–water partition coefficient (Wildman–Crippen LogP) is 20.1. The molecule has 452 valence electrons. The molecule has 1 fully saturated rings. The second-order valence-electron chi connectivity index (χ2n) is 24.7. The Bertz CT molecular complexity index is 1170. The van der Waals surface area contributed by atoms with Crippen LogP contribution < -0.4 is 0 Å². The first-order valence-electron chi connectivity index (χ1n) is 35.1. The van der Waals surface area contributed by atoms with Gasteiger partial charge in [0.1, 0.15) is 0 Å². The highest BCUT2D eigenvalue weighted by Crippen LogP contribution is 2.22. The van der Waals surface area contributed by atoms with Crippen LogP contribution in [0.4, 0.5) is 0 Å². The van der Waals surface area contributed by atoms with Crippen molar-refractivity contribution in [3.05, 3.63) is 0 Å². The van der Waals surface area contributed by atoms with Crippen LogP contribution in [-0.4, -0.2) is 110 Å². The summed E-state index contributed by atoms with van der Waals surface area (Å²) >= 11 is 0. The molecule has 0 N–H and O–H groups in total. The zero-order chi connectivity index (χ0) is 54.9. The Kier molecular flexibility index (Phi) is 56.0. The van der Waals surface area contributed by atoms with Crippen LogP contribution in [0.5, 0.6) is 0 Å². The molecule has 0 aromatic rings. The fourth-order valence-corrected chi connectivity index (χ4v) is 11.9. The van der Waals surface area contributed by atoms with E-state index in [9.17, 15) is 9.59 Å². The van der Waals surface area contributed by atoms with E-state index in [4.69, 9.17) is 4.74 Å². The number of unbranched alkanes of at least 4 members (excludes halogenated alkanes) is 39. The average Bonchev–Trinajstić information content (AvgIpc) is 3.43. The minimum Gasteiger partial charge on any atom is -0.466 e. The molecule has 0 aliphatic carbocycles. The van der Waals surface area contributed by atoms with Crippen LogP contribution in [0.15, 0.2) is 0 Å². The number of hydrogen-bond donors (Lipinski definition) is 0. The molecule has 1 amide bonds. The van der Waals surface area contributed by atoms with Gasteiger partial charge in [-0.15, -0.1) is 0 Å². The standard InChI is InChI=1S/C69H138N4O3/c1-6-11-16-21-25-26-27-28-29-30-31-35-40-45-55-70(56-46-42-36-37-44-53-69(75)76-64-50-43-20-15-10-5)61-54-67-52-51-60-73(65-67)68(74)66-72(59-49-41-34-24-19-14-9-4)63-62-71(57-47-38-32-22-17-12-7-2)58-48-39-33-23-18-13-8-3/h67H,6-66H2,1-5H3. The monoisotopic (exact) mass is 1070 g/mol. The van der Waals surface area contributed by atoms with Crippen LogP contribution in [0.25, 0.3) is 0 Å². The van der Waals surface area contributed by atoms with Crippen LogP contribution in [-0.2, 0) is 14.3 Å². The topological polar surface area (TPSA) is 56.3 Å². The van der Waals surface area contributed by atoms with Gasteiger partial charge in [0.15, 0.2) is 0 Å². The molecule has 0 bridgehead atoms. The molecule has 0 aromatic heterocycles. The third-order valence-corrected chi connectivity index (χ3v) is 17.2. The van der Waals surface area contributed by atoms with E-state index in [1.54, 1.807) is 0 Å². The Hall–Kier alpha value is -1.18. The first kappa shape index (κ1) is 72.8. The number of piperidine rings is 1. The molecule has 1 aliphatic rings. The van der Waals surface area contributed by atoms with Gasteiger partial charge in [0.2, 0.25) is 5.91 Å². The summed E-state index contributed by atoms with van der Waals surface area (Å²) < 4.78 is 5.52. The largest absolute Gasteiger partial charge is 0.466 e. The fourth-order valence-electron chi connectivity index (χ4n) is 11.9. The van der Waals surface area contributed by atoms with E-state index < -0.39 is 0 Å². The highest BCUT2D eigenvalue weighted by Gasteiger charge is 2.26. The van der Waals surface area contributed by atoms with Crippen molar-refractivity contribution in [2.45, 2.75) is 349 Å². The normalized spacial score (nSPS) is 14.1. The first-order chi connectivity index (χ1) is 37.5. The van der Waals surface area contributed by atoms with E-state index in [1.165, 1.54) is 315 Å². The molecule has 0 spiro atoms. The number of likely N-dealkylation sites (tertiary alicyclic amines) is 1. The van der Waals surface area contributed by atoms with E-state index in [0.717, 1.165) is 58.4 Å². The van der Waals surface area contributed by atoms with Gasteiger partial charge in [-0.1, -0.05) is 279 Å². The van der Waals surface area contributed by atoms with Gasteiger partial charge in [0, 0.05) is 32.6 Å². The second kappa shape index (κ2) is 58.5. The summed E-state index contributed by atoms with van der Waals surface area (Å²) in [5.74, 6) is 1.01. The van der Waals surface area contributed by atoms with Crippen LogP contribution in [0.2, 0.25) is 0 Å². The van der Waals surface area contributed by atoms with Crippen LogP contribution in [0.1, 0.15) is 349 Å². The van der Waals surface area contributed by atoms with Crippen molar-refractivity contribution in [2.24, 2.45) is 5.92 Å². The van der Waals surface area contributed by atoms with Crippen molar-refractivity contribution in [1.29, 1.82) is 0 Å². The maximum Gasteiger partial charge on any atom is 0.305 e. The molecule has 1 atom stereocenters. The molecule has 0 saturated carbocycles. The number of esters is 1. The lowest BCUT2D eigenvalue weighted by Gasteiger charge is -2.36. The summed E-state index contributed by atoms with van der Waals surface area (Å²) in [6, 6.07) is 0. The van der Waals surface area contributed by atoms with E-state index in [-0.39, 0.29) is 5.97 Å². The number of amides is 1. The lowest BCUT2D eigenvalue weighted by atomic mass is 9.94. The number of carbonyl (C=O) groups excluding carboxylic acids is 2. The lowest BCUT2D eigenvalue weighted by molar-refractivity contribution is -0.144. The van der Waals surface area contributed by atoms with Gasteiger partial charge < -0.3 is 19.4 Å².